The second-order valence-corrected chi connectivity index (χ2v) is 12.5. The quantitative estimate of drug-likeness (QED) is 0.195. The summed E-state index contributed by atoms with van der Waals surface area (Å²) >= 11 is 0. The Hall–Kier alpha value is -4.30. The number of rotatable bonds is 7. The number of aryl methyl sites for hydroxylation is 2. The average Bonchev–Trinajstić information content (AvgIpc) is 3.45. The molecule has 2 atom stereocenters. The molecule has 1 aliphatic heterocycles. The zero-order chi connectivity index (χ0) is 30.0. The molecule has 6 rings (SSSR count). The molecule has 2 heteroatoms. The van der Waals surface area contributed by atoms with E-state index in [0.29, 0.717) is 0 Å². The Balaban J connectivity index is 1.65. The number of anilines is 2. The molecule has 1 saturated heterocycles. The maximum absolute atomic E-state index is 4.03. The van der Waals surface area contributed by atoms with Crippen molar-refractivity contribution in [2.24, 2.45) is 0 Å². The molecule has 216 valence electrons. The van der Waals surface area contributed by atoms with Crippen molar-refractivity contribution in [3.63, 3.8) is 0 Å². The van der Waals surface area contributed by atoms with Gasteiger partial charge in [0.2, 0.25) is 6.67 Å². The van der Waals surface area contributed by atoms with Crippen LogP contribution in [0.5, 0.6) is 0 Å². The van der Waals surface area contributed by atoms with Gasteiger partial charge in [0.05, 0.1) is 12.1 Å². The molecule has 1 aliphatic rings. The molecule has 2 nitrogen and oxygen atoms in total. The van der Waals surface area contributed by atoms with E-state index in [-0.39, 0.29) is 17.5 Å². The minimum atomic E-state index is 0.00858. The van der Waals surface area contributed by atoms with E-state index in [4.69, 9.17) is 0 Å². The van der Waals surface area contributed by atoms with Crippen LogP contribution in [0.3, 0.4) is 0 Å². The van der Waals surface area contributed by atoms with Gasteiger partial charge in [0.25, 0.3) is 0 Å². The SMILES string of the molecule is CCc1cccc(CC)c1N1[C]N(c2cc(C(C)(C)C)ccc2-c2ccccc2)[C@@H](c2ccccc2)[C@@H]1c1ccccc1. The van der Waals surface area contributed by atoms with E-state index in [1.807, 2.05) is 0 Å². The van der Waals surface area contributed by atoms with Crippen molar-refractivity contribution in [2.45, 2.75) is 65.0 Å². The third-order valence-electron chi connectivity index (χ3n) is 8.77. The van der Waals surface area contributed by atoms with E-state index in [9.17, 15) is 0 Å². The third-order valence-corrected chi connectivity index (χ3v) is 8.77. The zero-order valence-corrected chi connectivity index (χ0v) is 26.1. The van der Waals surface area contributed by atoms with Crippen molar-refractivity contribution in [1.29, 1.82) is 0 Å². The Labute approximate surface area is 258 Å². The highest BCUT2D eigenvalue weighted by atomic mass is 15.4. The van der Waals surface area contributed by atoms with E-state index >= 15 is 0 Å². The Kier molecular flexibility index (Phi) is 8.13. The van der Waals surface area contributed by atoms with Crippen molar-refractivity contribution < 1.29 is 0 Å². The fourth-order valence-electron chi connectivity index (χ4n) is 6.46. The normalized spacial score (nSPS) is 17.0. The van der Waals surface area contributed by atoms with E-state index in [2.05, 4.69) is 178 Å². The van der Waals surface area contributed by atoms with E-state index in [1.165, 1.54) is 50.3 Å². The van der Waals surface area contributed by atoms with Gasteiger partial charge < -0.3 is 9.80 Å². The fraction of sp³-hybridized carbons (Fsp3) is 0.244. The summed E-state index contributed by atoms with van der Waals surface area (Å²) in [6, 6.07) is 46.6. The third kappa shape index (κ3) is 5.59. The first-order valence-corrected chi connectivity index (χ1v) is 15.7. The highest BCUT2D eigenvalue weighted by Crippen LogP contribution is 2.53. The van der Waals surface area contributed by atoms with Crippen LogP contribution >= 0.6 is 0 Å². The lowest BCUT2D eigenvalue weighted by Crippen LogP contribution is -2.25. The molecular formula is C41H42N2. The summed E-state index contributed by atoms with van der Waals surface area (Å²) < 4.78 is 0. The topological polar surface area (TPSA) is 6.48 Å². The molecule has 1 fully saturated rings. The highest BCUT2D eigenvalue weighted by molar-refractivity contribution is 5.82. The number of nitrogens with zero attached hydrogens (tertiary/aromatic N) is 2. The van der Waals surface area contributed by atoms with E-state index < -0.39 is 0 Å². The zero-order valence-electron chi connectivity index (χ0n) is 26.1. The summed E-state index contributed by atoms with van der Waals surface area (Å²) in [5.74, 6) is 0. The predicted molar refractivity (Wildman–Crippen MR) is 182 cm³/mol. The predicted octanol–water partition coefficient (Wildman–Crippen LogP) is 10.6. The van der Waals surface area contributed by atoms with Gasteiger partial charge in [-0.3, -0.25) is 0 Å². The first-order valence-electron chi connectivity index (χ1n) is 15.7. The van der Waals surface area contributed by atoms with Crippen LogP contribution < -0.4 is 9.80 Å². The molecule has 0 N–H and O–H groups in total. The maximum Gasteiger partial charge on any atom is 0.210 e. The molecule has 0 unspecified atom stereocenters. The number of benzene rings is 5. The molecular weight excluding hydrogens is 520 g/mol. The van der Waals surface area contributed by atoms with Gasteiger partial charge in [0.1, 0.15) is 0 Å². The molecule has 0 aromatic heterocycles. The number of para-hydroxylation sites is 1. The first kappa shape index (κ1) is 28.8. The molecule has 5 aromatic rings. The summed E-state index contributed by atoms with van der Waals surface area (Å²) in [5.41, 5.74) is 11.5. The van der Waals surface area contributed by atoms with Crippen LogP contribution in [0.2, 0.25) is 0 Å². The molecule has 0 amide bonds. The lowest BCUT2D eigenvalue weighted by Gasteiger charge is -2.33. The highest BCUT2D eigenvalue weighted by Gasteiger charge is 2.45. The first-order chi connectivity index (χ1) is 20.9. The van der Waals surface area contributed by atoms with Gasteiger partial charge >= 0.3 is 0 Å². The van der Waals surface area contributed by atoms with Crippen LogP contribution in [0.4, 0.5) is 11.4 Å². The van der Waals surface area contributed by atoms with Gasteiger partial charge in [-0.15, -0.1) is 0 Å². The average molecular weight is 563 g/mol. The van der Waals surface area contributed by atoms with Crippen LogP contribution in [0.1, 0.15) is 74.5 Å². The second-order valence-electron chi connectivity index (χ2n) is 12.5. The van der Waals surface area contributed by atoms with Crippen molar-refractivity contribution in [3.05, 3.63) is 162 Å². The van der Waals surface area contributed by atoms with Crippen molar-refractivity contribution in [1.82, 2.24) is 0 Å². The Morgan fingerprint density at radius 1 is 0.581 bits per heavy atom. The van der Waals surface area contributed by atoms with Crippen LogP contribution in [-0.2, 0) is 18.3 Å². The van der Waals surface area contributed by atoms with Gasteiger partial charge in [-0.05, 0) is 57.7 Å². The summed E-state index contributed by atoms with van der Waals surface area (Å²) in [7, 11) is 0. The van der Waals surface area contributed by atoms with E-state index in [0.717, 1.165) is 12.8 Å². The van der Waals surface area contributed by atoms with Gasteiger partial charge in [-0.25, -0.2) is 0 Å². The summed E-state index contributed by atoms with van der Waals surface area (Å²) in [6.45, 7) is 15.4. The number of hydrogen-bond donors (Lipinski definition) is 0. The monoisotopic (exact) mass is 562 g/mol. The molecule has 2 radical (unpaired) electrons. The second kappa shape index (κ2) is 12.1. The van der Waals surface area contributed by atoms with Crippen molar-refractivity contribution in [2.75, 3.05) is 9.80 Å². The van der Waals surface area contributed by atoms with Crippen molar-refractivity contribution >= 4 is 11.4 Å². The Bertz CT molecular complexity index is 1630. The Morgan fingerprint density at radius 2 is 1.09 bits per heavy atom. The van der Waals surface area contributed by atoms with E-state index in [1.54, 1.807) is 0 Å². The Morgan fingerprint density at radius 3 is 1.60 bits per heavy atom. The largest absolute Gasteiger partial charge is 0.331 e. The lowest BCUT2D eigenvalue weighted by atomic mass is 9.85. The minimum Gasteiger partial charge on any atom is -0.331 e. The molecule has 1 heterocycles. The van der Waals surface area contributed by atoms with Crippen molar-refractivity contribution in [3.8, 4) is 11.1 Å². The van der Waals surface area contributed by atoms with Gasteiger partial charge in [0.15, 0.2) is 0 Å². The smallest absolute Gasteiger partial charge is 0.210 e. The van der Waals surface area contributed by atoms with Gasteiger partial charge in [-0.1, -0.05) is 156 Å². The van der Waals surface area contributed by atoms with Crippen LogP contribution in [0.15, 0.2) is 127 Å². The lowest BCUT2D eigenvalue weighted by molar-refractivity contribution is 0.588. The summed E-state index contributed by atoms with van der Waals surface area (Å²) in [6.07, 6.45) is 1.93. The molecule has 0 aliphatic carbocycles. The molecule has 5 aromatic carbocycles. The maximum atomic E-state index is 4.03. The molecule has 0 spiro atoms. The minimum absolute atomic E-state index is 0.00858. The van der Waals surface area contributed by atoms with Crippen LogP contribution in [-0.4, -0.2) is 0 Å². The summed E-state index contributed by atoms with van der Waals surface area (Å²) in [5, 5.41) is 0. The van der Waals surface area contributed by atoms with Gasteiger partial charge in [-0.2, -0.15) is 0 Å². The molecule has 0 bridgehead atoms. The standard InChI is InChI=1S/C41H42N2/c1-6-30-24-17-25-31(7-2)38(30)43-29-42(39(33-20-13-9-14-21-33)40(43)34-22-15-10-16-23-34)37-28-35(41(3,4)5)26-27-36(37)32-18-11-8-12-19-32/h8-28,39-40H,6-7H2,1-5H3/t39-,40-/m0/s1. The van der Waals surface area contributed by atoms with Crippen LogP contribution in [0.25, 0.3) is 11.1 Å². The number of hydrogen-bond acceptors (Lipinski definition) is 2. The van der Waals surface area contributed by atoms with Gasteiger partial charge in [0, 0.05) is 16.9 Å². The molecule has 0 saturated carbocycles. The van der Waals surface area contributed by atoms with Crippen LogP contribution in [0, 0.1) is 6.67 Å². The summed E-state index contributed by atoms with van der Waals surface area (Å²) in [4.78, 5) is 4.90. The molecule has 43 heavy (non-hydrogen) atoms. The fourth-order valence-corrected chi connectivity index (χ4v) is 6.46.